The van der Waals surface area contributed by atoms with Gasteiger partial charge in [-0.15, -0.1) is 5.16 Å². The topological polar surface area (TPSA) is 32.6 Å². The van der Waals surface area contributed by atoms with Crippen LogP contribution in [0.15, 0.2) is 35.0 Å². The molecular weight excluding hydrogens is 241 g/mol. The maximum atomic E-state index is 14.0. The number of allylic oxidation sites excluding steroid dienone is 2. The Morgan fingerprint density at radius 3 is 2.89 bits per heavy atom. The van der Waals surface area contributed by atoms with Crippen LogP contribution in [0.3, 0.4) is 0 Å². The highest BCUT2D eigenvalue weighted by molar-refractivity contribution is 5.86. The van der Waals surface area contributed by atoms with E-state index in [1.54, 1.807) is 6.07 Å². The minimum absolute atomic E-state index is 0.0359. The van der Waals surface area contributed by atoms with Crippen LogP contribution in [-0.4, -0.2) is 11.4 Å². The number of halogens is 1. The van der Waals surface area contributed by atoms with Crippen molar-refractivity contribution in [1.82, 2.24) is 0 Å². The van der Waals surface area contributed by atoms with Crippen molar-refractivity contribution in [2.24, 2.45) is 11.1 Å². The van der Waals surface area contributed by atoms with Gasteiger partial charge < -0.3 is 5.21 Å². The first kappa shape index (κ1) is 13.8. The van der Waals surface area contributed by atoms with Crippen molar-refractivity contribution in [3.05, 3.63) is 41.2 Å². The lowest BCUT2D eigenvalue weighted by Gasteiger charge is -2.13. The third kappa shape index (κ3) is 3.03. The molecule has 1 aliphatic carbocycles. The first-order chi connectivity index (χ1) is 9.27. The summed E-state index contributed by atoms with van der Waals surface area (Å²) in [6.45, 7) is 2.16. The number of benzene rings is 1. The van der Waals surface area contributed by atoms with E-state index in [2.05, 4.69) is 12.1 Å². The normalized spacial score (nSPS) is 19.6. The molecule has 102 valence electrons. The Bertz CT molecular complexity index is 493. The molecule has 0 heterocycles. The van der Waals surface area contributed by atoms with Gasteiger partial charge in [-0.3, -0.25) is 0 Å². The van der Waals surface area contributed by atoms with Crippen molar-refractivity contribution >= 4 is 11.8 Å². The number of hydrogen-bond donors (Lipinski definition) is 1. The van der Waals surface area contributed by atoms with Gasteiger partial charge in [-0.05, 0) is 37.3 Å². The van der Waals surface area contributed by atoms with Gasteiger partial charge in [0.2, 0.25) is 0 Å². The second-order valence-electron chi connectivity index (χ2n) is 5.01. The summed E-state index contributed by atoms with van der Waals surface area (Å²) in [4.78, 5) is 0. The highest BCUT2D eigenvalue weighted by Crippen LogP contribution is 2.41. The Balaban J connectivity index is 2.40. The molecule has 0 fully saturated rings. The SMILES string of the molecule is CCCCC1=C(c2ccccc2F)C(C=NO)CC1. The van der Waals surface area contributed by atoms with E-state index in [1.165, 1.54) is 17.9 Å². The molecule has 0 radical (unpaired) electrons. The molecule has 19 heavy (non-hydrogen) atoms. The third-order valence-corrected chi connectivity index (χ3v) is 3.75. The molecule has 1 aromatic rings. The summed E-state index contributed by atoms with van der Waals surface area (Å²) in [5.74, 6) is -0.154. The predicted molar refractivity (Wildman–Crippen MR) is 75.8 cm³/mol. The minimum atomic E-state index is -0.190. The molecule has 2 rings (SSSR count). The van der Waals surface area contributed by atoms with Crippen LogP contribution in [0.2, 0.25) is 0 Å². The lowest BCUT2D eigenvalue weighted by Crippen LogP contribution is -2.03. The van der Waals surface area contributed by atoms with E-state index in [9.17, 15) is 4.39 Å². The first-order valence-corrected chi connectivity index (χ1v) is 6.92. The fourth-order valence-electron chi connectivity index (χ4n) is 2.82. The van der Waals surface area contributed by atoms with Crippen LogP contribution in [0.5, 0.6) is 0 Å². The van der Waals surface area contributed by atoms with Crippen molar-refractivity contribution < 1.29 is 9.60 Å². The Morgan fingerprint density at radius 2 is 2.21 bits per heavy atom. The van der Waals surface area contributed by atoms with E-state index in [0.29, 0.717) is 5.56 Å². The zero-order valence-electron chi connectivity index (χ0n) is 11.3. The van der Waals surface area contributed by atoms with Crippen molar-refractivity contribution in [3.63, 3.8) is 0 Å². The third-order valence-electron chi connectivity index (χ3n) is 3.75. The second kappa shape index (κ2) is 6.50. The van der Waals surface area contributed by atoms with Crippen LogP contribution in [0.25, 0.3) is 5.57 Å². The Labute approximate surface area is 113 Å². The van der Waals surface area contributed by atoms with E-state index in [0.717, 1.165) is 37.7 Å². The first-order valence-electron chi connectivity index (χ1n) is 6.92. The summed E-state index contributed by atoms with van der Waals surface area (Å²) in [7, 11) is 0. The zero-order valence-corrected chi connectivity index (χ0v) is 11.3. The number of rotatable bonds is 5. The zero-order chi connectivity index (χ0) is 13.7. The van der Waals surface area contributed by atoms with Gasteiger partial charge >= 0.3 is 0 Å². The van der Waals surface area contributed by atoms with Gasteiger partial charge in [-0.1, -0.05) is 37.1 Å². The molecule has 0 saturated heterocycles. The Hall–Kier alpha value is -1.64. The van der Waals surface area contributed by atoms with Crippen molar-refractivity contribution in [2.75, 3.05) is 0 Å². The highest BCUT2D eigenvalue weighted by atomic mass is 19.1. The van der Waals surface area contributed by atoms with Crippen LogP contribution in [0.1, 0.15) is 44.6 Å². The van der Waals surface area contributed by atoms with Gasteiger partial charge in [0.05, 0.1) is 6.21 Å². The van der Waals surface area contributed by atoms with Crippen LogP contribution in [0.4, 0.5) is 4.39 Å². The van der Waals surface area contributed by atoms with E-state index < -0.39 is 0 Å². The monoisotopic (exact) mass is 261 g/mol. The molecule has 1 aliphatic rings. The molecule has 0 aromatic heterocycles. The summed E-state index contributed by atoms with van der Waals surface area (Å²) in [5, 5.41) is 11.9. The molecule has 0 aliphatic heterocycles. The second-order valence-corrected chi connectivity index (χ2v) is 5.01. The van der Waals surface area contributed by atoms with Crippen molar-refractivity contribution in [1.29, 1.82) is 0 Å². The van der Waals surface area contributed by atoms with Gasteiger partial charge in [0.25, 0.3) is 0 Å². The van der Waals surface area contributed by atoms with Crippen LogP contribution in [0, 0.1) is 11.7 Å². The smallest absolute Gasteiger partial charge is 0.130 e. The standard InChI is InChI=1S/C16H20FNO/c1-2-3-6-12-9-10-13(11-18-19)16(12)14-7-4-5-8-15(14)17/h4-5,7-8,11,13,19H,2-3,6,9-10H2,1H3. The molecular formula is C16H20FNO. The Morgan fingerprint density at radius 1 is 1.42 bits per heavy atom. The van der Waals surface area contributed by atoms with Crippen molar-refractivity contribution in [2.45, 2.75) is 39.0 Å². The molecule has 1 N–H and O–H groups in total. The highest BCUT2D eigenvalue weighted by Gasteiger charge is 2.26. The summed E-state index contributed by atoms with van der Waals surface area (Å²) in [6.07, 6.45) is 6.67. The predicted octanol–water partition coefficient (Wildman–Crippen LogP) is 4.64. The summed E-state index contributed by atoms with van der Waals surface area (Å²) in [6, 6.07) is 6.87. The quantitative estimate of drug-likeness (QED) is 0.467. The molecule has 0 amide bonds. The summed E-state index contributed by atoms with van der Waals surface area (Å²) in [5.41, 5.74) is 3.01. The van der Waals surface area contributed by atoms with E-state index >= 15 is 0 Å². The van der Waals surface area contributed by atoms with Gasteiger partial charge in [-0.2, -0.15) is 0 Å². The average molecular weight is 261 g/mol. The molecule has 0 saturated carbocycles. The van der Waals surface area contributed by atoms with Crippen LogP contribution < -0.4 is 0 Å². The lowest BCUT2D eigenvalue weighted by atomic mass is 9.92. The van der Waals surface area contributed by atoms with E-state index in [1.807, 2.05) is 12.1 Å². The molecule has 2 nitrogen and oxygen atoms in total. The van der Waals surface area contributed by atoms with Gasteiger partial charge in [0.1, 0.15) is 5.82 Å². The van der Waals surface area contributed by atoms with E-state index in [-0.39, 0.29) is 11.7 Å². The number of hydrogen-bond acceptors (Lipinski definition) is 2. The van der Waals surface area contributed by atoms with Crippen molar-refractivity contribution in [3.8, 4) is 0 Å². The summed E-state index contributed by atoms with van der Waals surface area (Å²) < 4.78 is 14.0. The molecule has 3 heteroatoms. The van der Waals surface area contributed by atoms with Gasteiger partial charge in [-0.25, -0.2) is 4.39 Å². The number of unbranched alkanes of at least 4 members (excludes halogenated alkanes) is 1. The summed E-state index contributed by atoms with van der Waals surface area (Å²) >= 11 is 0. The molecule has 1 atom stereocenters. The van der Waals surface area contributed by atoms with Gasteiger partial charge in [0.15, 0.2) is 0 Å². The maximum Gasteiger partial charge on any atom is 0.130 e. The Kier molecular flexibility index (Phi) is 4.72. The number of nitrogens with zero attached hydrogens (tertiary/aromatic N) is 1. The maximum absolute atomic E-state index is 14.0. The fraction of sp³-hybridized carbons (Fsp3) is 0.438. The van der Waals surface area contributed by atoms with E-state index in [4.69, 9.17) is 5.21 Å². The van der Waals surface area contributed by atoms with Gasteiger partial charge in [0, 0.05) is 11.5 Å². The molecule has 0 bridgehead atoms. The van der Waals surface area contributed by atoms with Crippen LogP contribution >= 0.6 is 0 Å². The molecule has 1 unspecified atom stereocenters. The molecule has 0 spiro atoms. The van der Waals surface area contributed by atoms with Crippen LogP contribution in [-0.2, 0) is 0 Å². The fourth-order valence-corrected chi connectivity index (χ4v) is 2.82. The lowest BCUT2D eigenvalue weighted by molar-refractivity contribution is 0.319. The molecule has 1 aromatic carbocycles. The minimum Gasteiger partial charge on any atom is -0.411 e. The average Bonchev–Trinajstić information content (AvgIpc) is 2.80. The number of oxime groups is 1. The largest absolute Gasteiger partial charge is 0.411 e.